The molecule has 2 unspecified atom stereocenters. The number of hydrogen-bond acceptors (Lipinski definition) is 2. The summed E-state index contributed by atoms with van der Waals surface area (Å²) in [5.41, 5.74) is 0. The van der Waals surface area contributed by atoms with E-state index < -0.39 is 0 Å². The largest absolute Gasteiger partial charge is 0.469 e. The molecule has 1 fully saturated rings. The summed E-state index contributed by atoms with van der Waals surface area (Å²) in [7, 11) is 1.48. The molecule has 1 aliphatic rings. The molecule has 0 aromatic carbocycles. The van der Waals surface area contributed by atoms with Gasteiger partial charge in [-0.05, 0) is 31.1 Å². The maximum Gasteiger partial charge on any atom is 0.308 e. The zero-order valence-electron chi connectivity index (χ0n) is 8.17. The first-order chi connectivity index (χ1) is 5.65. The van der Waals surface area contributed by atoms with Gasteiger partial charge in [0.15, 0.2) is 0 Å². The van der Waals surface area contributed by atoms with Gasteiger partial charge in [0, 0.05) is 0 Å². The Bertz CT molecular complexity index is 163. The SMILES string of the molecule is COC(=O)C1CCC(C(C)C)C1. The molecule has 0 N–H and O–H groups in total. The van der Waals surface area contributed by atoms with Gasteiger partial charge in [-0.25, -0.2) is 0 Å². The van der Waals surface area contributed by atoms with Crippen molar-refractivity contribution >= 4 is 5.97 Å². The van der Waals surface area contributed by atoms with Crippen LogP contribution in [0.1, 0.15) is 33.1 Å². The predicted molar refractivity (Wildman–Crippen MR) is 47.7 cm³/mol. The monoisotopic (exact) mass is 170 g/mol. The minimum Gasteiger partial charge on any atom is -0.469 e. The van der Waals surface area contributed by atoms with Crippen molar-refractivity contribution in [2.45, 2.75) is 33.1 Å². The van der Waals surface area contributed by atoms with E-state index in [1.165, 1.54) is 13.5 Å². The molecule has 0 heterocycles. The molecule has 70 valence electrons. The van der Waals surface area contributed by atoms with Gasteiger partial charge < -0.3 is 4.74 Å². The summed E-state index contributed by atoms with van der Waals surface area (Å²) in [6.45, 7) is 4.45. The predicted octanol–water partition coefficient (Wildman–Crippen LogP) is 2.23. The number of hydrogen-bond donors (Lipinski definition) is 0. The molecule has 0 radical (unpaired) electrons. The van der Waals surface area contributed by atoms with Gasteiger partial charge in [-0.15, -0.1) is 0 Å². The second-order valence-electron chi connectivity index (χ2n) is 4.04. The fourth-order valence-corrected chi connectivity index (χ4v) is 2.00. The highest BCUT2D eigenvalue weighted by Crippen LogP contribution is 2.35. The molecule has 2 atom stereocenters. The summed E-state index contributed by atoms with van der Waals surface area (Å²) in [5, 5.41) is 0. The van der Waals surface area contributed by atoms with E-state index in [0.29, 0.717) is 5.92 Å². The normalized spacial score (nSPS) is 29.3. The lowest BCUT2D eigenvalue weighted by molar-refractivity contribution is -0.145. The Balaban J connectivity index is 2.40. The molecule has 12 heavy (non-hydrogen) atoms. The van der Waals surface area contributed by atoms with Crippen LogP contribution in [0.15, 0.2) is 0 Å². The van der Waals surface area contributed by atoms with Crippen LogP contribution in [-0.4, -0.2) is 13.1 Å². The lowest BCUT2D eigenvalue weighted by Gasteiger charge is -2.13. The quantitative estimate of drug-likeness (QED) is 0.594. The van der Waals surface area contributed by atoms with Crippen LogP contribution < -0.4 is 0 Å². The average molecular weight is 170 g/mol. The summed E-state index contributed by atoms with van der Waals surface area (Å²) in [6, 6.07) is 0. The van der Waals surface area contributed by atoms with Gasteiger partial charge in [0.05, 0.1) is 13.0 Å². The minimum absolute atomic E-state index is 0.0156. The topological polar surface area (TPSA) is 26.3 Å². The van der Waals surface area contributed by atoms with E-state index in [1.54, 1.807) is 0 Å². The fraction of sp³-hybridized carbons (Fsp3) is 0.900. The molecule has 2 heteroatoms. The van der Waals surface area contributed by atoms with Crippen molar-refractivity contribution < 1.29 is 9.53 Å². The second kappa shape index (κ2) is 3.92. The Morgan fingerprint density at radius 3 is 2.50 bits per heavy atom. The molecule has 0 spiro atoms. The van der Waals surface area contributed by atoms with Gasteiger partial charge in [-0.1, -0.05) is 13.8 Å². The molecular weight excluding hydrogens is 152 g/mol. The molecule has 0 aromatic heterocycles. The minimum atomic E-state index is -0.0156. The fourth-order valence-electron chi connectivity index (χ4n) is 2.00. The van der Waals surface area contributed by atoms with Crippen LogP contribution in [0.25, 0.3) is 0 Å². The van der Waals surface area contributed by atoms with Crippen molar-refractivity contribution in [2.24, 2.45) is 17.8 Å². The highest BCUT2D eigenvalue weighted by atomic mass is 16.5. The van der Waals surface area contributed by atoms with Crippen molar-refractivity contribution in [3.8, 4) is 0 Å². The van der Waals surface area contributed by atoms with E-state index in [0.717, 1.165) is 18.8 Å². The van der Waals surface area contributed by atoms with E-state index in [4.69, 9.17) is 4.74 Å². The van der Waals surface area contributed by atoms with Crippen LogP contribution in [0, 0.1) is 17.8 Å². The van der Waals surface area contributed by atoms with E-state index >= 15 is 0 Å². The second-order valence-corrected chi connectivity index (χ2v) is 4.04. The summed E-state index contributed by atoms with van der Waals surface area (Å²) in [4.78, 5) is 11.2. The standard InChI is InChI=1S/C10H18O2/c1-7(2)8-4-5-9(6-8)10(11)12-3/h7-9H,4-6H2,1-3H3. The van der Waals surface area contributed by atoms with Crippen molar-refractivity contribution in [1.82, 2.24) is 0 Å². The first-order valence-electron chi connectivity index (χ1n) is 4.73. The Kier molecular flexibility index (Phi) is 3.12. The third kappa shape index (κ3) is 1.99. The van der Waals surface area contributed by atoms with E-state index in [2.05, 4.69) is 13.8 Å². The Morgan fingerprint density at radius 2 is 2.08 bits per heavy atom. The van der Waals surface area contributed by atoms with E-state index in [9.17, 15) is 4.79 Å². The zero-order valence-corrected chi connectivity index (χ0v) is 8.17. The van der Waals surface area contributed by atoms with Crippen molar-refractivity contribution in [3.05, 3.63) is 0 Å². The summed E-state index contributed by atoms with van der Waals surface area (Å²) >= 11 is 0. The van der Waals surface area contributed by atoms with Crippen LogP contribution in [0.4, 0.5) is 0 Å². The number of esters is 1. The highest BCUT2D eigenvalue weighted by molar-refractivity contribution is 5.72. The maximum atomic E-state index is 11.2. The maximum absolute atomic E-state index is 11.2. The number of carbonyl (C=O) groups is 1. The van der Waals surface area contributed by atoms with E-state index in [1.807, 2.05) is 0 Å². The molecule has 2 nitrogen and oxygen atoms in total. The van der Waals surface area contributed by atoms with Gasteiger partial charge in [0.1, 0.15) is 0 Å². The molecular formula is C10H18O2. The van der Waals surface area contributed by atoms with Gasteiger partial charge in [0.2, 0.25) is 0 Å². The Morgan fingerprint density at radius 1 is 1.42 bits per heavy atom. The number of carbonyl (C=O) groups excluding carboxylic acids is 1. The average Bonchev–Trinajstić information content (AvgIpc) is 2.51. The molecule has 1 rings (SSSR count). The van der Waals surface area contributed by atoms with Gasteiger partial charge in [-0.2, -0.15) is 0 Å². The van der Waals surface area contributed by atoms with Crippen LogP contribution >= 0.6 is 0 Å². The van der Waals surface area contributed by atoms with Gasteiger partial charge in [-0.3, -0.25) is 4.79 Å². The van der Waals surface area contributed by atoms with Crippen molar-refractivity contribution in [2.75, 3.05) is 7.11 Å². The molecule has 0 amide bonds. The third-order valence-corrected chi connectivity index (χ3v) is 2.95. The summed E-state index contributed by atoms with van der Waals surface area (Å²) in [5.74, 6) is 1.61. The smallest absolute Gasteiger partial charge is 0.308 e. The Labute approximate surface area is 74.3 Å². The molecule has 0 saturated heterocycles. The van der Waals surface area contributed by atoms with Crippen molar-refractivity contribution in [3.63, 3.8) is 0 Å². The summed E-state index contributed by atoms with van der Waals surface area (Å²) in [6.07, 6.45) is 3.25. The van der Waals surface area contributed by atoms with Crippen molar-refractivity contribution in [1.29, 1.82) is 0 Å². The lowest BCUT2D eigenvalue weighted by atomic mass is 9.93. The zero-order chi connectivity index (χ0) is 9.14. The van der Waals surface area contributed by atoms with Gasteiger partial charge in [0.25, 0.3) is 0 Å². The van der Waals surface area contributed by atoms with Crippen LogP contribution in [-0.2, 0) is 9.53 Å². The Hall–Kier alpha value is -0.530. The molecule has 0 bridgehead atoms. The third-order valence-electron chi connectivity index (χ3n) is 2.95. The number of rotatable bonds is 2. The van der Waals surface area contributed by atoms with E-state index in [-0.39, 0.29) is 11.9 Å². The summed E-state index contributed by atoms with van der Waals surface area (Å²) < 4.78 is 4.72. The lowest BCUT2D eigenvalue weighted by Crippen LogP contribution is -2.13. The molecule has 1 saturated carbocycles. The van der Waals surface area contributed by atoms with Crippen LogP contribution in [0.5, 0.6) is 0 Å². The first-order valence-corrected chi connectivity index (χ1v) is 4.73. The van der Waals surface area contributed by atoms with Crippen LogP contribution in [0.2, 0.25) is 0 Å². The molecule has 0 aromatic rings. The highest BCUT2D eigenvalue weighted by Gasteiger charge is 2.31. The number of ether oxygens (including phenoxy) is 1. The number of methoxy groups -OCH3 is 1. The van der Waals surface area contributed by atoms with Gasteiger partial charge >= 0.3 is 5.97 Å². The molecule has 0 aliphatic heterocycles. The molecule has 1 aliphatic carbocycles. The van der Waals surface area contributed by atoms with Crippen LogP contribution in [0.3, 0.4) is 0 Å². The first kappa shape index (κ1) is 9.56.